The Morgan fingerprint density at radius 2 is 1.96 bits per heavy atom. The van der Waals surface area contributed by atoms with Gasteiger partial charge in [-0.2, -0.15) is 0 Å². The molecule has 1 N–H and O–H groups in total. The third-order valence-corrected chi connectivity index (χ3v) is 6.54. The lowest BCUT2D eigenvalue weighted by molar-refractivity contribution is -0.0291. The Hall–Kier alpha value is -1.59. The highest BCUT2D eigenvalue weighted by molar-refractivity contribution is 5.75. The Morgan fingerprint density at radius 1 is 1.15 bits per heavy atom. The normalized spacial score (nSPS) is 30.6. The first kappa shape index (κ1) is 16.6. The van der Waals surface area contributed by atoms with E-state index in [9.17, 15) is 4.79 Å². The Balaban J connectivity index is 1.38. The molecule has 0 spiro atoms. The van der Waals surface area contributed by atoms with Crippen molar-refractivity contribution in [2.75, 3.05) is 26.2 Å². The summed E-state index contributed by atoms with van der Waals surface area (Å²) < 4.78 is 5.90. The lowest BCUT2D eigenvalue weighted by Crippen LogP contribution is -2.52. The molecule has 26 heavy (non-hydrogen) atoms. The first-order valence-corrected chi connectivity index (χ1v) is 10.2. The largest absolute Gasteiger partial charge is 0.371 e. The van der Waals surface area contributed by atoms with Gasteiger partial charge in [-0.3, -0.25) is 0 Å². The van der Waals surface area contributed by atoms with E-state index in [-0.39, 0.29) is 18.2 Å². The van der Waals surface area contributed by atoms with Gasteiger partial charge in [0.05, 0.1) is 12.2 Å². The van der Waals surface area contributed by atoms with E-state index in [0.717, 1.165) is 52.0 Å². The fourth-order valence-electron chi connectivity index (χ4n) is 5.26. The van der Waals surface area contributed by atoms with Gasteiger partial charge in [0.2, 0.25) is 0 Å². The number of rotatable bonds is 1. The van der Waals surface area contributed by atoms with Crippen LogP contribution in [-0.2, 0) is 17.7 Å². The molecular formula is C21H29N3O2. The number of urea groups is 1. The fraction of sp³-hybridized carbons (Fsp3) is 0.667. The second-order valence-electron chi connectivity index (χ2n) is 8.46. The Bertz CT molecular complexity index is 701. The molecule has 5 heteroatoms. The van der Waals surface area contributed by atoms with Crippen molar-refractivity contribution in [3.63, 3.8) is 0 Å². The number of morpholine rings is 1. The van der Waals surface area contributed by atoms with Crippen molar-refractivity contribution in [2.24, 2.45) is 0 Å². The smallest absolute Gasteiger partial charge is 0.320 e. The summed E-state index contributed by atoms with van der Waals surface area (Å²) in [6, 6.07) is 5.33. The maximum absolute atomic E-state index is 13.2. The third-order valence-electron chi connectivity index (χ3n) is 6.54. The molecule has 2 bridgehead atoms. The highest BCUT2D eigenvalue weighted by atomic mass is 16.5. The first-order chi connectivity index (χ1) is 12.7. The van der Waals surface area contributed by atoms with Crippen LogP contribution in [0.15, 0.2) is 12.1 Å². The number of amides is 2. The van der Waals surface area contributed by atoms with Crippen LogP contribution in [0.1, 0.15) is 54.0 Å². The van der Waals surface area contributed by atoms with Crippen LogP contribution in [-0.4, -0.2) is 54.2 Å². The number of likely N-dealkylation sites (tertiary alicyclic amines) is 1. The molecule has 0 aliphatic carbocycles. The van der Waals surface area contributed by atoms with E-state index in [2.05, 4.69) is 29.3 Å². The summed E-state index contributed by atoms with van der Waals surface area (Å²) in [6.45, 7) is 6.42. The molecule has 0 saturated carbocycles. The summed E-state index contributed by atoms with van der Waals surface area (Å²) >= 11 is 0. The van der Waals surface area contributed by atoms with E-state index in [1.165, 1.54) is 35.1 Å². The molecule has 0 radical (unpaired) electrons. The van der Waals surface area contributed by atoms with Gasteiger partial charge in [0, 0.05) is 32.2 Å². The molecule has 4 heterocycles. The van der Waals surface area contributed by atoms with Gasteiger partial charge in [-0.25, -0.2) is 4.79 Å². The van der Waals surface area contributed by atoms with Gasteiger partial charge in [0.15, 0.2) is 0 Å². The molecule has 3 fully saturated rings. The zero-order valence-electron chi connectivity index (χ0n) is 15.7. The van der Waals surface area contributed by atoms with E-state index in [1.807, 2.05) is 4.90 Å². The summed E-state index contributed by atoms with van der Waals surface area (Å²) in [5, 5.41) is 3.65. The summed E-state index contributed by atoms with van der Waals surface area (Å²) in [7, 11) is 0. The number of benzene rings is 1. The SMILES string of the molecule is Cc1cc2c(c([C@@H]3CCCN3)c1)CN(C(=O)N1CC3CCC(C1)O3)CC2. The molecule has 4 aliphatic rings. The summed E-state index contributed by atoms with van der Waals surface area (Å²) in [5.41, 5.74) is 5.61. The molecular weight excluding hydrogens is 326 g/mol. The van der Waals surface area contributed by atoms with E-state index < -0.39 is 0 Å². The van der Waals surface area contributed by atoms with Gasteiger partial charge in [-0.15, -0.1) is 0 Å². The average molecular weight is 355 g/mol. The number of hydrogen-bond donors (Lipinski definition) is 1. The second kappa shape index (κ2) is 6.54. The number of carbonyl (C=O) groups excluding carboxylic acids is 1. The second-order valence-corrected chi connectivity index (χ2v) is 8.46. The number of nitrogens with one attached hydrogen (secondary N) is 1. The number of ether oxygens (including phenoxy) is 1. The molecule has 1 aromatic carbocycles. The maximum Gasteiger partial charge on any atom is 0.320 e. The van der Waals surface area contributed by atoms with Crippen LogP contribution in [0.4, 0.5) is 4.79 Å². The Labute approximate surface area is 155 Å². The van der Waals surface area contributed by atoms with Crippen molar-refractivity contribution in [2.45, 2.75) is 63.8 Å². The average Bonchev–Trinajstić information content (AvgIpc) is 3.29. The van der Waals surface area contributed by atoms with E-state index >= 15 is 0 Å². The number of hydrogen-bond acceptors (Lipinski definition) is 3. The van der Waals surface area contributed by atoms with Crippen LogP contribution in [0, 0.1) is 6.92 Å². The predicted molar refractivity (Wildman–Crippen MR) is 100 cm³/mol. The van der Waals surface area contributed by atoms with Gasteiger partial charge < -0.3 is 19.9 Å². The molecule has 3 atom stereocenters. The van der Waals surface area contributed by atoms with Crippen LogP contribution in [0.2, 0.25) is 0 Å². The van der Waals surface area contributed by atoms with Crippen molar-refractivity contribution in [3.8, 4) is 0 Å². The summed E-state index contributed by atoms with van der Waals surface area (Å²) in [4.78, 5) is 17.3. The van der Waals surface area contributed by atoms with Gasteiger partial charge in [0.1, 0.15) is 0 Å². The van der Waals surface area contributed by atoms with Crippen LogP contribution in [0.3, 0.4) is 0 Å². The topological polar surface area (TPSA) is 44.8 Å². The minimum absolute atomic E-state index is 0.210. The predicted octanol–water partition coefficient (Wildman–Crippen LogP) is 2.76. The molecule has 5 nitrogen and oxygen atoms in total. The standard InChI is InChI=1S/C21H29N3O2/c1-14-9-15-6-8-23(13-19(15)18(10-14)20-3-2-7-22-20)21(25)24-11-16-4-5-17(12-24)26-16/h9-10,16-17,20,22H,2-8,11-13H2,1H3/t16?,17?,20-/m0/s1. The molecule has 3 saturated heterocycles. The quantitative estimate of drug-likeness (QED) is 0.842. The third kappa shape index (κ3) is 2.91. The lowest BCUT2D eigenvalue weighted by atomic mass is 9.89. The van der Waals surface area contributed by atoms with Gasteiger partial charge in [-0.1, -0.05) is 17.7 Å². The zero-order valence-corrected chi connectivity index (χ0v) is 15.7. The van der Waals surface area contributed by atoms with E-state index in [0.29, 0.717) is 6.04 Å². The highest BCUT2D eigenvalue weighted by Gasteiger charge is 2.38. The molecule has 140 valence electrons. The van der Waals surface area contributed by atoms with Crippen molar-refractivity contribution in [1.29, 1.82) is 0 Å². The Kier molecular flexibility index (Phi) is 4.17. The van der Waals surface area contributed by atoms with E-state index in [1.54, 1.807) is 0 Å². The molecule has 5 rings (SSSR count). The summed E-state index contributed by atoms with van der Waals surface area (Å²) in [6.07, 6.45) is 6.15. The first-order valence-electron chi connectivity index (χ1n) is 10.2. The van der Waals surface area contributed by atoms with Crippen molar-refractivity contribution in [1.82, 2.24) is 15.1 Å². The van der Waals surface area contributed by atoms with Crippen molar-refractivity contribution < 1.29 is 9.53 Å². The number of aryl methyl sites for hydroxylation is 1. The fourth-order valence-corrected chi connectivity index (χ4v) is 5.26. The number of fused-ring (bicyclic) bond motifs is 3. The van der Waals surface area contributed by atoms with Crippen LogP contribution >= 0.6 is 0 Å². The minimum Gasteiger partial charge on any atom is -0.371 e. The van der Waals surface area contributed by atoms with Crippen molar-refractivity contribution >= 4 is 6.03 Å². The molecule has 2 unspecified atom stereocenters. The highest BCUT2D eigenvalue weighted by Crippen LogP contribution is 2.33. The minimum atomic E-state index is 0.210. The molecule has 2 amide bonds. The molecule has 0 aromatic heterocycles. The van der Waals surface area contributed by atoms with E-state index in [4.69, 9.17) is 4.74 Å². The Morgan fingerprint density at radius 3 is 2.69 bits per heavy atom. The number of carbonyl (C=O) groups is 1. The molecule has 4 aliphatic heterocycles. The summed E-state index contributed by atoms with van der Waals surface area (Å²) in [5.74, 6) is 0. The monoisotopic (exact) mass is 355 g/mol. The lowest BCUT2D eigenvalue weighted by Gasteiger charge is -2.38. The van der Waals surface area contributed by atoms with Crippen LogP contribution < -0.4 is 5.32 Å². The van der Waals surface area contributed by atoms with Crippen molar-refractivity contribution in [3.05, 3.63) is 34.4 Å². The van der Waals surface area contributed by atoms with Gasteiger partial charge >= 0.3 is 6.03 Å². The molecule has 1 aromatic rings. The van der Waals surface area contributed by atoms with Crippen LogP contribution in [0.5, 0.6) is 0 Å². The zero-order chi connectivity index (χ0) is 17.7. The van der Waals surface area contributed by atoms with Crippen LogP contribution in [0.25, 0.3) is 0 Å². The van der Waals surface area contributed by atoms with Gasteiger partial charge in [-0.05, 0) is 62.3 Å². The van der Waals surface area contributed by atoms with Gasteiger partial charge in [0.25, 0.3) is 0 Å². The number of nitrogens with zero attached hydrogens (tertiary/aromatic N) is 2. The maximum atomic E-state index is 13.2.